The van der Waals surface area contributed by atoms with Crippen LogP contribution < -0.4 is 9.46 Å². The Bertz CT molecular complexity index is 299. The SMILES string of the molecule is CNSc1cc(C)c(C)cc1OC. The van der Waals surface area contributed by atoms with Crippen LogP contribution in [0.3, 0.4) is 0 Å². The van der Waals surface area contributed by atoms with E-state index in [1.807, 2.05) is 7.05 Å². The van der Waals surface area contributed by atoms with Crippen LogP contribution in [0.4, 0.5) is 0 Å². The zero-order chi connectivity index (χ0) is 9.84. The average Bonchev–Trinajstić information content (AvgIpc) is 2.11. The Morgan fingerprint density at radius 1 is 1.23 bits per heavy atom. The van der Waals surface area contributed by atoms with Gasteiger partial charge in [0.15, 0.2) is 0 Å². The maximum atomic E-state index is 5.27. The van der Waals surface area contributed by atoms with E-state index in [4.69, 9.17) is 4.74 Å². The summed E-state index contributed by atoms with van der Waals surface area (Å²) >= 11 is 1.57. The van der Waals surface area contributed by atoms with Gasteiger partial charge in [0.1, 0.15) is 5.75 Å². The molecular formula is C10H15NOS. The van der Waals surface area contributed by atoms with E-state index in [1.165, 1.54) is 11.1 Å². The van der Waals surface area contributed by atoms with Crippen LogP contribution in [-0.2, 0) is 0 Å². The summed E-state index contributed by atoms with van der Waals surface area (Å²) in [6.07, 6.45) is 0. The van der Waals surface area contributed by atoms with E-state index in [0.717, 1.165) is 10.6 Å². The molecule has 0 aliphatic heterocycles. The van der Waals surface area contributed by atoms with Crippen LogP contribution in [0.15, 0.2) is 17.0 Å². The molecule has 2 nitrogen and oxygen atoms in total. The highest BCUT2D eigenvalue weighted by Gasteiger charge is 2.05. The summed E-state index contributed by atoms with van der Waals surface area (Å²) in [6.45, 7) is 4.19. The van der Waals surface area contributed by atoms with Gasteiger partial charge in [0.2, 0.25) is 0 Å². The summed E-state index contributed by atoms with van der Waals surface area (Å²) < 4.78 is 8.31. The van der Waals surface area contributed by atoms with Crippen molar-refractivity contribution < 1.29 is 4.74 Å². The first-order chi connectivity index (χ1) is 6.19. The predicted octanol–water partition coefficient (Wildman–Crippen LogP) is 2.54. The van der Waals surface area contributed by atoms with E-state index in [9.17, 15) is 0 Å². The van der Waals surface area contributed by atoms with Crippen LogP contribution in [0, 0.1) is 13.8 Å². The normalized spacial score (nSPS) is 10.2. The van der Waals surface area contributed by atoms with Crippen LogP contribution in [0.2, 0.25) is 0 Å². The molecule has 1 aromatic rings. The van der Waals surface area contributed by atoms with Gasteiger partial charge >= 0.3 is 0 Å². The van der Waals surface area contributed by atoms with Crippen molar-refractivity contribution in [2.45, 2.75) is 18.7 Å². The van der Waals surface area contributed by atoms with E-state index >= 15 is 0 Å². The van der Waals surface area contributed by atoms with Crippen LogP contribution >= 0.6 is 11.9 Å². The minimum absolute atomic E-state index is 0.933. The third-order valence-corrected chi connectivity index (χ3v) is 2.74. The first-order valence-corrected chi connectivity index (χ1v) is 4.99. The topological polar surface area (TPSA) is 21.3 Å². The maximum Gasteiger partial charge on any atom is 0.134 e. The van der Waals surface area contributed by atoms with E-state index in [-0.39, 0.29) is 0 Å². The lowest BCUT2D eigenvalue weighted by molar-refractivity contribution is 0.404. The highest BCUT2D eigenvalue weighted by molar-refractivity contribution is 7.97. The average molecular weight is 197 g/mol. The van der Waals surface area contributed by atoms with Gasteiger partial charge in [-0.1, -0.05) is 0 Å². The van der Waals surface area contributed by atoms with Crippen molar-refractivity contribution in [3.05, 3.63) is 23.3 Å². The molecule has 0 unspecified atom stereocenters. The Kier molecular flexibility index (Phi) is 3.63. The second-order valence-corrected chi connectivity index (χ2v) is 3.95. The molecule has 1 aromatic carbocycles. The maximum absolute atomic E-state index is 5.27. The first kappa shape index (κ1) is 10.4. The monoisotopic (exact) mass is 197 g/mol. The number of hydrogen-bond acceptors (Lipinski definition) is 3. The number of nitrogens with one attached hydrogen (secondary N) is 1. The van der Waals surface area contributed by atoms with Crippen molar-refractivity contribution in [1.82, 2.24) is 4.72 Å². The van der Waals surface area contributed by atoms with E-state index in [0.29, 0.717) is 0 Å². The molecule has 3 heteroatoms. The number of benzene rings is 1. The van der Waals surface area contributed by atoms with Crippen LogP contribution in [0.25, 0.3) is 0 Å². The summed E-state index contributed by atoms with van der Waals surface area (Å²) in [5.41, 5.74) is 2.55. The number of ether oxygens (including phenoxy) is 1. The molecule has 0 saturated heterocycles. The third kappa shape index (κ3) is 2.39. The van der Waals surface area contributed by atoms with Gasteiger partial charge < -0.3 is 4.74 Å². The molecule has 0 amide bonds. The molecule has 13 heavy (non-hydrogen) atoms. The standard InChI is InChI=1S/C10H15NOS/c1-7-5-9(12-4)10(13-11-3)6-8(7)2/h5-6,11H,1-4H3. The smallest absolute Gasteiger partial charge is 0.134 e. The first-order valence-electron chi connectivity index (χ1n) is 4.18. The molecule has 0 atom stereocenters. The second kappa shape index (κ2) is 4.53. The fourth-order valence-corrected chi connectivity index (χ4v) is 1.81. The van der Waals surface area contributed by atoms with Crippen molar-refractivity contribution in [2.24, 2.45) is 0 Å². The van der Waals surface area contributed by atoms with Gasteiger partial charge in [0.25, 0.3) is 0 Å². The van der Waals surface area contributed by atoms with Gasteiger partial charge in [-0.25, -0.2) is 0 Å². The Balaban J connectivity index is 3.09. The van der Waals surface area contributed by atoms with Crippen molar-refractivity contribution in [1.29, 1.82) is 0 Å². The molecule has 0 aromatic heterocycles. The molecule has 1 N–H and O–H groups in total. The fraction of sp³-hybridized carbons (Fsp3) is 0.400. The van der Waals surface area contributed by atoms with Crippen molar-refractivity contribution in [3.8, 4) is 5.75 Å². The minimum atomic E-state index is 0.933. The lowest BCUT2D eigenvalue weighted by Crippen LogP contribution is -1.95. The molecule has 0 aliphatic rings. The molecule has 72 valence electrons. The fourth-order valence-electron chi connectivity index (χ4n) is 1.11. The van der Waals surface area contributed by atoms with Crippen LogP contribution in [0.5, 0.6) is 5.75 Å². The zero-order valence-electron chi connectivity index (χ0n) is 8.47. The van der Waals surface area contributed by atoms with Gasteiger partial charge in [0.05, 0.1) is 12.0 Å². The zero-order valence-corrected chi connectivity index (χ0v) is 9.29. The van der Waals surface area contributed by atoms with Crippen molar-refractivity contribution in [3.63, 3.8) is 0 Å². The van der Waals surface area contributed by atoms with E-state index < -0.39 is 0 Å². The van der Waals surface area contributed by atoms with Crippen molar-refractivity contribution >= 4 is 11.9 Å². The van der Waals surface area contributed by atoms with Crippen LogP contribution in [0.1, 0.15) is 11.1 Å². The highest BCUT2D eigenvalue weighted by Crippen LogP contribution is 2.29. The Labute approximate surface area is 83.8 Å². The highest BCUT2D eigenvalue weighted by atomic mass is 32.2. The molecule has 1 rings (SSSR count). The molecule has 0 spiro atoms. The van der Waals surface area contributed by atoms with E-state index in [2.05, 4.69) is 30.7 Å². The molecule has 0 heterocycles. The second-order valence-electron chi connectivity index (χ2n) is 2.89. The summed E-state index contributed by atoms with van der Waals surface area (Å²) in [5.74, 6) is 0.933. The quantitative estimate of drug-likeness (QED) is 0.752. The van der Waals surface area contributed by atoms with Gasteiger partial charge in [-0.15, -0.1) is 0 Å². The minimum Gasteiger partial charge on any atom is -0.496 e. The largest absolute Gasteiger partial charge is 0.496 e. The Morgan fingerprint density at radius 2 is 1.85 bits per heavy atom. The summed E-state index contributed by atoms with van der Waals surface area (Å²) in [4.78, 5) is 1.13. The Morgan fingerprint density at radius 3 is 2.38 bits per heavy atom. The molecule has 0 aliphatic carbocycles. The van der Waals surface area contributed by atoms with Gasteiger partial charge in [-0.2, -0.15) is 0 Å². The van der Waals surface area contributed by atoms with Gasteiger partial charge in [0, 0.05) is 0 Å². The lowest BCUT2D eigenvalue weighted by Gasteiger charge is -2.10. The van der Waals surface area contributed by atoms with Crippen LogP contribution in [-0.4, -0.2) is 14.2 Å². The predicted molar refractivity (Wildman–Crippen MR) is 57.4 cm³/mol. The summed E-state index contributed by atoms with van der Waals surface area (Å²) in [7, 11) is 3.60. The van der Waals surface area contributed by atoms with E-state index in [1.54, 1.807) is 19.1 Å². The molecule has 0 fully saturated rings. The molecule has 0 bridgehead atoms. The van der Waals surface area contributed by atoms with Crippen molar-refractivity contribution in [2.75, 3.05) is 14.2 Å². The number of aryl methyl sites for hydroxylation is 2. The Hall–Kier alpha value is -0.670. The molecular weight excluding hydrogens is 182 g/mol. The number of methoxy groups -OCH3 is 1. The van der Waals surface area contributed by atoms with Gasteiger partial charge in [-0.05, 0) is 56.1 Å². The molecule has 0 saturated carbocycles. The third-order valence-electron chi connectivity index (χ3n) is 1.99. The molecule has 0 radical (unpaired) electrons. The number of hydrogen-bond donors (Lipinski definition) is 1. The van der Waals surface area contributed by atoms with Gasteiger partial charge in [-0.3, -0.25) is 4.72 Å². The lowest BCUT2D eigenvalue weighted by atomic mass is 10.1. The number of rotatable bonds is 3. The summed E-state index contributed by atoms with van der Waals surface area (Å²) in [5, 5.41) is 0. The summed E-state index contributed by atoms with van der Waals surface area (Å²) in [6, 6.07) is 4.20.